The van der Waals surface area contributed by atoms with E-state index in [2.05, 4.69) is 29.0 Å². The van der Waals surface area contributed by atoms with Gasteiger partial charge in [-0.05, 0) is 42.7 Å². The fourth-order valence-corrected chi connectivity index (χ4v) is 3.66. The van der Waals surface area contributed by atoms with Crippen LogP contribution in [0.3, 0.4) is 0 Å². The molecule has 0 unspecified atom stereocenters. The van der Waals surface area contributed by atoms with Gasteiger partial charge in [0.25, 0.3) is 5.91 Å². The number of hydrogen-bond acceptors (Lipinski definition) is 3. The topological polar surface area (TPSA) is 43.7 Å². The van der Waals surface area contributed by atoms with Gasteiger partial charge in [-0.15, -0.1) is 0 Å². The lowest BCUT2D eigenvalue weighted by Gasteiger charge is -2.25. The van der Waals surface area contributed by atoms with Gasteiger partial charge in [0.1, 0.15) is 17.1 Å². The number of amides is 1. The van der Waals surface area contributed by atoms with Crippen LogP contribution in [0.15, 0.2) is 66.9 Å². The van der Waals surface area contributed by atoms with E-state index in [4.69, 9.17) is 9.47 Å². The average Bonchev–Trinajstić information content (AvgIpc) is 3.52. The fraction of sp³-hybridized carbons (Fsp3) is 0.292. The van der Waals surface area contributed by atoms with Gasteiger partial charge >= 0.3 is 0 Å². The van der Waals surface area contributed by atoms with Crippen molar-refractivity contribution in [2.75, 3.05) is 14.2 Å². The molecule has 1 saturated carbocycles. The third kappa shape index (κ3) is 4.14. The third-order valence-electron chi connectivity index (χ3n) is 5.34. The number of nitrogens with zero attached hydrogens (tertiary/aromatic N) is 2. The Labute approximate surface area is 171 Å². The predicted molar refractivity (Wildman–Crippen MR) is 112 cm³/mol. The number of methoxy groups -OCH3 is 2. The zero-order valence-electron chi connectivity index (χ0n) is 16.9. The van der Waals surface area contributed by atoms with Crippen LogP contribution in [0.2, 0.25) is 0 Å². The number of carbonyl (C=O) groups is 1. The largest absolute Gasteiger partial charge is 0.496 e. The van der Waals surface area contributed by atoms with Gasteiger partial charge in [-0.3, -0.25) is 4.79 Å². The SMILES string of the molecule is COc1cccc(OC)c1C(=O)N(Cc1cccn1Cc1ccccc1)C1CC1. The van der Waals surface area contributed by atoms with Gasteiger partial charge in [0, 0.05) is 24.5 Å². The van der Waals surface area contributed by atoms with E-state index in [0.29, 0.717) is 23.6 Å². The monoisotopic (exact) mass is 390 g/mol. The quantitative estimate of drug-likeness (QED) is 0.574. The lowest BCUT2D eigenvalue weighted by molar-refractivity contribution is 0.0719. The molecule has 5 heteroatoms. The minimum absolute atomic E-state index is 0.0470. The summed E-state index contributed by atoms with van der Waals surface area (Å²) in [6.07, 6.45) is 4.13. The standard InChI is InChI=1S/C24H26N2O3/c1-28-21-11-6-12-22(29-2)23(21)24(27)26(19-13-14-19)17-20-10-7-15-25(20)16-18-8-4-3-5-9-18/h3-12,15,19H,13-14,16-17H2,1-2H3. The predicted octanol–water partition coefficient (Wildman–Crippen LogP) is 4.36. The van der Waals surface area contributed by atoms with Crippen molar-refractivity contribution in [2.24, 2.45) is 0 Å². The molecule has 0 bridgehead atoms. The Morgan fingerprint density at radius 1 is 0.966 bits per heavy atom. The van der Waals surface area contributed by atoms with E-state index in [1.807, 2.05) is 35.2 Å². The number of hydrogen-bond donors (Lipinski definition) is 0. The minimum Gasteiger partial charge on any atom is -0.496 e. The lowest BCUT2D eigenvalue weighted by atomic mass is 10.1. The maximum absolute atomic E-state index is 13.5. The number of benzene rings is 2. The lowest BCUT2D eigenvalue weighted by Crippen LogP contribution is -2.34. The van der Waals surface area contributed by atoms with E-state index in [1.165, 1.54) is 5.56 Å². The van der Waals surface area contributed by atoms with Crippen LogP contribution >= 0.6 is 0 Å². The third-order valence-corrected chi connectivity index (χ3v) is 5.34. The highest BCUT2D eigenvalue weighted by Gasteiger charge is 2.35. The maximum Gasteiger partial charge on any atom is 0.262 e. The second-order valence-electron chi connectivity index (χ2n) is 7.31. The molecule has 0 N–H and O–H groups in total. The molecular weight excluding hydrogens is 364 g/mol. The van der Waals surface area contributed by atoms with Crippen LogP contribution < -0.4 is 9.47 Å². The van der Waals surface area contributed by atoms with Crippen LogP contribution in [-0.4, -0.2) is 35.6 Å². The van der Waals surface area contributed by atoms with Crippen LogP contribution in [0, 0.1) is 0 Å². The summed E-state index contributed by atoms with van der Waals surface area (Å²) in [6, 6.07) is 20.2. The Hall–Kier alpha value is -3.21. The van der Waals surface area contributed by atoms with Crippen LogP contribution in [-0.2, 0) is 13.1 Å². The minimum atomic E-state index is -0.0470. The number of aromatic nitrogens is 1. The van der Waals surface area contributed by atoms with Crippen molar-refractivity contribution in [3.8, 4) is 11.5 Å². The van der Waals surface area contributed by atoms with Gasteiger partial charge < -0.3 is 18.9 Å². The van der Waals surface area contributed by atoms with Gasteiger partial charge in [0.15, 0.2) is 0 Å². The van der Waals surface area contributed by atoms with E-state index in [9.17, 15) is 4.79 Å². The fourth-order valence-electron chi connectivity index (χ4n) is 3.66. The second kappa shape index (κ2) is 8.43. The van der Waals surface area contributed by atoms with Crippen molar-refractivity contribution in [3.63, 3.8) is 0 Å². The van der Waals surface area contributed by atoms with Gasteiger partial charge in [-0.2, -0.15) is 0 Å². The molecule has 0 radical (unpaired) electrons. The van der Waals surface area contributed by atoms with Crippen molar-refractivity contribution >= 4 is 5.91 Å². The Morgan fingerprint density at radius 2 is 1.66 bits per heavy atom. The van der Waals surface area contributed by atoms with E-state index < -0.39 is 0 Å². The molecule has 1 aliphatic rings. The molecule has 0 spiro atoms. The highest BCUT2D eigenvalue weighted by Crippen LogP contribution is 2.35. The van der Waals surface area contributed by atoms with E-state index in [1.54, 1.807) is 26.4 Å². The zero-order valence-corrected chi connectivity index (χ0v) is 16.9. The molecule has 1 aromatic heterocycles. The van der Waals surface area contributed by atoms with Crippen LogP contribution in [0.4, 0.5) is 0 Å². The summed E-state index contributed by atoms with van der Waals surface area (Å²) in [7, 11) is 3.16. The van der Waals surface area contributed by atoms with Gasteiger partial charge in [-0.1, -0.05) is 36.4 Å². The maximum atomic E-state index is 13.5. The summed E-state index contributed by atoms with van der Waals surface area (Å²) in [6.45, 7) is 1.35. The normalized spacial score (nSPS) is 13.2. The number of rotatable bonds is 8. The summed E-state index contributed by atoms with van der Waals surface area (Å²) in [5.41, 5.74) is 2.84. The van der Waals surface area contributed by atoms with E-state index >= 15 is 0 Å². The first-order valence-electron chi connectivity index (χ1n) is 9.91. The second-order valence-corrected chi connectivity index (χ2v) is 7.31. The van der Waals surface area contributed by atoms with Crippen molar-refractivity contribution in [2.45, 2.75) is 32.0 Å². The summed E-state index contributed by atoms with van der Waals surface area (Å²) < 4.78 is 13.1. The van der Waals surface area contributed by atoms with Gasteiger partial charge in [0.05, 0.1) is 20.8 Å². The highest BCUT2D eigenvalue weighted by atomic mass is 16.5. The molecule has 1 heterocycles. The number of ether oxygens (including phenoxy) is 2. The molecule has 0 aliphatic heterocycles. The molecular formula is C24H26N2O3. The first kappa shape index (κ1) is 19.1. The molecule has 1 fully saturated rings. The molecule has 5 nitrogen and oxygen atoms in total. The summed E-state index contributed by atoms with van der Waals surface area (Å²) in [5.74, 6) is 1.04. The Kier molecular flexibility index (Phi) is 5.56. The first-order valence-corrected chi connectivity index (χ1v) is 9.91. The molecule has 150 valence electrons. The molecule has 1 amide bonds. The Balaban J connectivity index is 1.61. The average molecular weight is 390 g/mol. The summed E-state index contributed by atoms with van der Waals surface area (Å²) in [5, 5.41) is 0. The molecule has 0 atom stereocenters. The molecule has 29 heavy (non-hydrogen) atoms. The van der Waals surface area contributed by atoms with Crippen LogP contribution in [0.1, 0.15) is 34.5 Å². The number of carbonyl (C=O) groups excluding carboxylic acids is 1. The Morgan fingerprint density at radius 3 is 2.28 bits per heavy atom. The van der Waals surface area contributed by atoms with Crippen molar-refractivity contribution in [1.82, 2.24) is 9.47 Å². The van der Waals surface area contributed by atoms with Gasteiger partial charge in [-0.25, -0.2) is 0 Å². The summed E-state index contributed by atoms with van der Waals surface area (Å²) >= 11 is 0. The first-order chi connectivity index (χ1) is 14.2. The smallest absolute Gasteiger partial charge is 0.262 e. The molecule has 0 saturated heterocycles. The summed E-state index contributed by atoms with van der Waals surface area (Å²) in [4.78, 5) is 15.5. The van der Waals surface area contributed by atoms with Crippen molar-refractivity contribution < 1.29 is 14.3 Å². The molecule has 4 rings (SSSR count). The highest BCUT2D eigenvalue weighted by molar-refractivity contribution is 6.00. The van der Waals surface area contributed by atoms with Crippen molar-refractivity contribution in [1.29, 1.82) is 0 Å². The van der Waals surface area contributed by atoms with Crippen LogP contribution in [0.25, 0.3) is 0 Å². The van der Waals surface area contributed by atoms with Crippen molar-refractivity contribution in [3.05, 3.63) is 83.7 Å². The molecule has 3 aromatic rings. The van der Waals surface area contributed by atoms with E-state index in [0.717, 1.165) is 25.1 Å². The molecule has 1 aliphatic carbocycles. The van der Waals surface area contributed by atoms with Gasteiger partial charge in [0.2, 0.25) is 0 Å². The van der Waals surface area contributed by atoms with Crippen LogP contribution in [0.5, 0.6) is 11.5 Å². The molecule has 2 aromatic carbocycles. The zero-order chi connectivity index (χ0) is 20.2. The Bertz CT molecular complexity index is 955. The van der Waals surface area contributed by atoms with E-state index in [-0.39, 0.29) is 11.9 Å².